The molecular formula is C18H11Cl2N3O. The molecule has 4 nitrogen and oxygen atoms in total. The van der Waals surface area contributed by atoms with Crippen LogP contribution in [-0.2, 0) is 0 Å². The van der Waals surface area contributed by atoms with Gasteiger partial charge in [-0.25, -0.2) is 9.97 Å². The van der Waals surface area contributed by atoms with E-state index in [0.717, 1.165) is 16.9 Å². The van der Waals surface area contributed by atoms with Crippen LogP contribution in [0.5, 0.6) is 5.75 Å². The molecule has 0 aliphatic carbocycles. The van der Waals surface area contributed by atoms with Crippen molar-refractivity contribution in [2.45, 2.75) is 0 Å². The summed E-state index contributed by atoms with van der Waals surface area (Å²) in [7, 11) is 1.59. The molecule has 0 N–H and O–H groups in total. The van der Waals surface area contributed by atoms with Gasteiger partial charge in [0.2, 0.25) is 0 Å². The van der Waals surface area contributed by atoms with Gasteiger partial charge < -0.3 is 4.74 Å². The number of halogens is 2. The predicted octanol–water partition coefficient (Wildman–Crippen LogP) is 5.00. The third-order valence-electron chi connectivity index (χ3n) is 3.44. The lowest BCUT2D eigenvalue weighted by molar-refractivity contribution is 0.415. The third-order valence-corrected chi connectivity index (χ3v) is 3.97. The number of nitrogens with zero attached hydrogens (tertiary/aromatic N) is 3. The van der Waals surface area contributed by atoms with E-state index in [4.69, 9.17) is 27.9 Å². The van der Waals surface area contributed by atoms with Gasteiger partial charge in [0.25, 0.3) is 0 Å². The van der Waals surface area contributed by atoms with Gasteiger partial charge in [0.15, 0.2) is 11.0 Å². The van der Waals surface area contributed by atoms with Crippen LogP contribution in [-0.4, -0.2) is 17.1 Å². The van der Waals surface area contributed by atoms with Crippen molar-refractivity contribution in [3.8, 4) is 34.5 Å². The van der Waals surface area contributed by atoms with Crippen molar-refractivity contribution >= 4 is 23.2 Å². The molecule has 2 aromatic carbocycles. The molecule has 0 bridgehead atoms. The van der Waals surface area contributed by atoms with Crippen molar-refractivity contribution in [2.24, 2.45) is 0 Å². The molecule has 3 rings (SSSR count). The number of hydrogen-bond donors (Lipinski definition) is 0. The first-order valence-corrected chi connectivity index (χ1v) is 7.76. The van der Waals surface area contributed by atoms with E-state index < -0.39 is 0 Å². The van der Waals surface area contributed by atoms with Crippen LogP contribution < -0.4 is 4.74 Å². The Labute approximate surface area is 149 Å². The van der Waals surface area contributed by atoms with Crippen LogP contribution in [0.4, 0.5) is 0 Å². The maximum atomic E-state index is 9.40. The lowest BCUT2D eigenvalue weighted by Gasteiger charge is -2.09. The monoisotopic (exact) mass is 355 g/mol. The molecule has 1 heterocycles. The summed E-state index contributed by atoms with van der Waals surface area (Å²) >= 11 is 12.1. The summed E-state index contributed by atoms with van der Waals surface area (Å²) in [4.78, 5) is 8.76. The second-order valence-electron chi connectivity index (χ2n) is 4.91. The quantitative estimate of drug-likeness (QED) is 0.620. The minimum absolute atomic E-state index is 0.114. The lowest BCUT2D eigenvalue weighted by atomic mass is 10.1. The lowest BCUT2D eigenvalue weighted by Crippen LogP contribution is -1.98. The fraction of sp³-hybridized carbons (Fsp3) is 0.0556. The Morgan fingerprint density at radius 3 is 2.12 bits per heavy atom. The second-order valence-corrected chi connectivity index (χ2v) is 5.70. The van der Waals surface area contributed by atoms with Crippen molar-refractivity contribution in [2.75, 3.05) is 7.11 Å². The third kappa shape index (κ3) is 3.18. The zero-order valence-electron chi connectivity index (χ0n) is 12.6. The molecule has 0 saturated heterocycles. The van der Waals surface area contributed by atoms with E-state index in [1.165, 1.54) is 0 Å². The first-order valence-electron chi connectivity index (χ1n) is 7.00. The molecule has 0 saturated carbocycles. The highest BCUT2D eigenvalue weighted by Crippen LogP contribution is 2.30. The van der Waals surface area contributed by atoms with E-state index in [1.54, 1.807) is 43.5 Å². The van der Waals surface area contributed by atoms with Crippen LogP contribution in [0.25, 0.3) is 22.6 Å². The van der Waals surface area contributed by atoms with Crippen LogP contribution in [0.2, 0.25) is 10.2 Å². The molecule has 6 heteroatoms. The standard InChI is InChI=1S/C18H11Cl2N3O/c1-24-14-8-4-11(5-9-14)16-15(10-21)17(20)23-18(22-16)12-2-6-13(19)7-3-12/h2-9H,1H3. The maximum absolute atomic E-state index is 9.40. The number of rotatable bonds is 3. The fourth-order valence-corrected chi connectivity index (χ4v) is 2.56. The molecule has 1 aromatic heterocycles. The van der Waals surface area contributed by atoms with E-state index in [-0.39, 0.29) is 10.7 Å². The molecule has 0 unspecified atom stereocenters. The zero-order valence-corrected chi connectivity index (χ0v) is 14.1. The van der Waals surface area contributed by atoms with Gasteiger partial charge >= 0.3 is 0 Å². The first kappa shape index (κ1) is 16.3. The number of ether oxygens (including phenoxy) is 1. The number of benzene rings is 2. The van der Waals surface area contributed by atoms with Crippen molar-refractivity contribution in [1.29, 1.82) is 5.26 Å². The highest BCUT2D eigenvalue weighted by molar-refractivity contribution is 6.31. The summed E-state index contributed by atoms with van der Waals surface area (Å²) in [6.45, 7) is 0. The number of methoxy groups -OCH3 is 1. The SMILES string of the molecule is COc1ccc(-c2nc(-c3ccc(Cl)cc3)nc(Cl)c2C#N)cc1. The van der Waals surface area contributed by atoms with Crippen LogP contribution in [0.1, 0.15) is 5.56 Å². The summed E-state index contributed by atoms with van der Waals surface area (Å²) in [5.41, 5.74) is 2.23. The van der Waals surface area contributed by atoms with E-state index in [1.807, 2.05) is 12.1 Å². The molecule has 0 amide bonds. The topological polar surface area (TPSA) is 58.8 Å². The van der Waals surface area contributed by atoms with Crippen LogP contribution in [0.15, 0.2) is 48.5 Å². The molecule has 0 aliphatic rings. The largest absolute Gasteiger partial charge is 0.497 e. The van der Waals surface area contributed by atoms with E-state index in [0.29, 0.717) is 16.5 Å². The highest BCUT2D eigenvalue weighted by atomic mass is 35.5. The minimum atomic E-state index is 0.114. The molecule has 0 aliphatic heterocycles. The minimum Gasteiger partial charge on any atom is -0.497 e. The average Bonchev–Trinajstić information content (AvgIpc) is 2.61. The maximum Gasteiger partial charge on any atom is 0.161 e. The van der Waals surface area contributed by atoms with Gasteiger partial charge in [-0.05, 0) is 48.5 Å². The van der Waals surface area contributed by atoms with Gasteiger partial charge in [-0.2, -0.15) is 5.26 Å². The van der Waals surface area contributed by atoms with Crippen molar-refractivity contribution < 1.29 is 4.74 Å². The van der Waals surface area contributed by atoms with Gasteiger partial charge in [-0.15, -0.1) is 0 Å². The van der Waals surface area contributed by atoms with Crippen molar-refractivity contribution in [3.63, 3.8) is 0 Å². The Bertz CT molecular complexity index is 917. The van der Waals surface area contributed by atoms with Gasteiger partial charge in [-0.3, -0.25) is 0 Å². The average molecular weight is 356 g/mol. The van der Waals surface area contributed by atoms with Crippen LogP contribution in [0, 0.1) is 11.3 Å². The molecule has 0 radical (unpaired) electrons. The van der Waals surface area contributed by atoms with Crippen molar-refractivity contribution in [1.82, 2.24) is 9.97 Å². The molecule has 118 valence electrons. The van der Waals surface area contributed by atoms with Gasteiger partial charge in [-0.1, -0.05) is 23.2 Å². The van der Waals surface area contributed by atoms with E-state index in [9.17, 15) is 5.26 Å². The summed E-state index contributed by atoms with van der Waals surface area (Å²) in [5, 5.41) is 10.1. The summed E-state index contributed by atoms with van der Waals surface area (Å²) in [6.07, 6.45) is 0. The first-order chi connectivity index (χ1) is 11.6. The Morgan fingerprint density at radius 1 is 0.917 bits per heavy atom. The molecule has 0 spiro atoms. The Morgan fingerprint density at radius 2 is 1.54 bits per heavy atom. The molecular weight excluding hydrogens is 345 g/mol. The second kappa shape index (κ2) is 6.88. The molecule has 24 heavy (non-hydrogen) atoms. The van der Waals surface area contributed by atoms with E-state index in [2.05, 4.69) is 16.0 Å². The normalized spacial score (nSPS) is 10.2. The number of aromatic nitrogens is 2. The predicted molar refractivity (Wildman–Crippen MR) is 94.2 cm³/mol. The zero-order chi connectivity index (χ0) is 17.1. The van der Waals surface area contributed by atoms with Crippen LogP contribution in [0.3, 0.4) is 0 Å². The number of hydrogen-bond acceptors (Lipinski definition) is 4. The molecule has 0 fully saturated rings. The fourth-order valence-electron chi connectivity index (χ4n) is 2.22. The Hall–Kier alpha value is -2.61. The summed E-state index contributed by atoms with van der Waals surface area (Å²) in [6, 6.07) is 16.4. The van der Waals surface area contributed by atoms with Gasteiger partial charge in [0.1, 0.15) is 17.4 Å². The van der Waals surface area contributed by atoms with Gasteiger partial charge in [0, 0.05) is 16.1 Å². The molecule has 0 atom stereocenters. The van der Waals surface area contributed by atoms with Gasteiger partial charge in [0.05, 0.1) is 12.8 Å². The highest BCUT2D eigenvalue weighted by Gasteiger charge is 2.15. The Balaban J connectivity index is 2.16. The number of nitriles is 1. The van der Waals surface area contributed by atoms with Crippen LogP contribution >= 0.6 is 23.2 Å². The van der Waals surface area contributed by atoms with E-state index >= 15 is 0 Å². The summed E-state index contributed by atoms with van der Waals surface area (Å²) < 4.78 is 5.15. The Kier molecular flexibility index (Phi) is 4.66. The smallest absolute Gasteiger partial charge is 0.161 e. The molecule has 3 aromatic rings. The van der Waals surface area contributed by atoms with Crippen molar-refractivity contribution in [3.05, 3.63) is 64.3 Å². The summed E-state index contributed by atoms with van der Waals surface area (Å²) in [5.74, 6) is 1.15.